The number of amides is 1. The van der Waals surface area contributed by atoms with E-state index in [2.05, 4.69) is 5.32 Å². The molecule has 1 atom stereocenters. The summed E-state index contributed by atoms with van der Waals surface area (Å²) >= 11 is 0. The Morgan fingerprint density at radius 3 is 2.57 bits per heavy atom. The monoisotopic (exact) mass is 401 g/mol. The molecule has 0 radical (unpaired) electrons. The molecule has 0 aliphatic carbocycles. The maximum atomic E-state index is 12.6. The van der Waals surface area contributed by atoms with Gasteiger partial charge in [0.05, 0.1) is 5.39 Å². The van der Waals surface area contributed by atoms with Crippen LogP contribution in [0.15, 0.2) is 75.9 Å². The van der Waals surface area contributed by atoms with Crippen LogP contribution in [0.2, 0.25) is 0 Å². The first-order valence-corrected chi connectivity index (χ1v) is 9.46. The van der Waals surface area contributed by atoms with Gasteiger partial charge in [0.1, 0.15) is 5.58 Å². The van der Waals surface area contributed by atoms with Gasteiger partial charge >= 0.3 is 5.97 Å². The zero-order valence-electron chi connectivity index (χ0n) is 16.5. The number of ether oxygens (including phenoxy) is 1. The molecule has 30 heavy (non-hydrogen) atoms. The minimum atomic E-state index is -1.09. The van der Waals surface area contributed by atoms with E-state index in [1.54, 1.807) is 24.3 Å². The topological polar surface area (TPSA) is 85.6 Å². The number of hydrogen-bond acceptors (Lipinski definition) is 5. The summed E-state index contributed by atoms with van der Waals surface area (Å²) in [7, 11) is 0. The van der Waals surface area contributed by atoms with Crippen LogP contribution in [0.3, 0.4) is 0 Å². The molecule has 0 unspecified atom stereocenters. The Bertz CT molecular complexity index is 1330. The first-order chi connectivity index (χ1) is 14.4. The van der Waals surface area contributed by atoms with E-state index in [9.17, 15) is 14.4 Å². The standard InChI is InChI=1S/C24H19NO5/c1-14-10-11-21-18(12-14)20(26)13-22(30-21)24(28)29-15(2)23(27)25-19-9-5-7-16-6-3-4-8-17(16)19/h3-13,15H,1-2H3,(H,25,27)/t15-/m0/s1. The van der Waals surface area contributed by atoms with Crippen LogP contribution in [0, 0.1) is 6.92 Å². The van der Waals surface area contributed by atoms with Gasteiger partial charge in [0, 0.05) is 17.1 Å². The van der Waals surface area contributed by atoms with E-state index >= 15 is 0 Å². The molecule has 0 spiro atoms. The van der Waals surface area contributed by atoms with Crippen LogP contribution in [-0.4, -0.2) is 18.0 Å². The van der Waals surface area contributed by atoms with Crippen molar-refractivity contribution < 1.29 is 18.7 Å². The predicted octanol–water partition coefficient (Wildman–Crippen LogP) is 4.44. The van der Waals surface area contributed by atoms with Gasteiger partial charge in [-0.25, -0.2) is 4.79 Å². The second kappa shape index (κ2) is 7.83. The molecule has 0 bridgehead atoms. The van der Waals surface area contributed by atoms with E-state index in [-0.39, 0.29) is 16.8 Å². The Morgan fingerprint density at radius 1 is 0.967 bits per heavy atom. The van der Waals surface area contributed by atoms with Gasteiger partial charge in [-0.15, -0.1) is 0 Å². The van der Waals surface area contributed by atoms with Crippen LogP contribution in [-0.2, 0) is 9.53 Å². The lowest BCUT2D eigenvalue weighted by Crippen LogP contribution is -2.30. The molecule has 0 saturated heterocycles. The molecule has 0 saturated carbocycles. The number of rotatable bonds is 4. The van der Waals surface area contributed by atoms with Crippen LogP contribution in [0.1, 0.15) is 23.0 Å². The van der Waals surface area contributed by atoms with Crippen LogP contribution >= 0.6 is 0 Å². The zero-order chi connectivity index (χ0) is 21.3. The first-order valence-electron chi connectivity index (χ1n) is 9.46. The van der Waals surface area contributed by atoms with E-state index in [0.29, 0.717) is 11.1 Å². The molecule has 0 aliphatic rings. The average Bonchev–Trinajstić information content (AvgIpc) is 2.74. The molecule has 1 aromatic heterocycles. The van der Waals surface area contributed by atoms with Crippen LogP contribution in [0.4, 0.5) is 5.69 Å². The third kappa shape index (κ3) is 3.80. The smallest absolute Gasteiger partial charge is 0.375 e. The lowest BCUT2D eigenvalue weighted by molar-refractivity contribution is -0.123. The molecule has 150 valence electrons. The summed E-state index contributed by atoms with van der Waals surface area (Å²) in [6.45, 7) is 3.32. The Hall–Kier alpha value is -3.93. The van der Waals surface area contributed by atoms with E-state index in [0.717, 1.165) is 22.4 Å². The van der Waals surface area contributed by atoms with Crippen molar-refractivity contribution in [1.82, 2.24) is 0 Å². The maximum absolute atomic E-state index is 12.6. The Labute approximate surface area is 172 Å². The number of esters is 1. The molecule has 1 amide bonds. The van der Waals surface area contributed by atoms with Gasteiger partial charge in [0.2, 0.25) is 5.76 Å². The van der Waals surface area contributed by atoms with Gasteiger partial charge in [-0.1, -0.05) is 48.0 Å². The molecule has 1 heterocycles. The van der Waals surface area contributed by atoms with Gasteiger partial charge in [0.15, 0.2) is 11.5 Å². The van der Waals surface area contributed by atoms with Crippen molar-refractivity contribution >= 4 is 39.3 Å². The van der Waals surface area contributed by atoms with Crippen molar-refractivity contribution in [2.75, 3.05) is 5.32 Å². The zero-order valence-corrected chi connectivity index (χ0v) is 16.5. The molecule has 4 aromatic rings. The summed E-state index contributed by atoms with van der Waals surface area (Å²) in [4.78, 5) is 37.3. The summed E-state index contributed by atoms with van der Waals surface area (Å²) in [6, 6.07) is 19.4. The van der Waals surface area contributed by atoms with Crippen molar-refractivity contribution in [3.63, 3.8) is 0 Å². The third-order valence-electron chi connectivity index (χ3n) is 4.78. The molecular formula is C24H19NO5. The SMILES string of the molecule is Cc1ccc2oc(C(=O)O[C@@H](C)C(=O)Nc3cccc4ccccc34)cc(=O)c2c1. The van der Waals surface area contributed by atoms with E-state index < -0.39 is 18.0 Å². The van der Waals surface area contributed by atoms with E-state index in [1.807, 2.05) is 43.3 Å². The Balaban J connectivity index is 1.52. The Morgan fingerprint density at radius 2 is 1.73 bits per heavy atom. The molecule has 3 aromatic carbocycles. The van der Waals surface area contributed by atoms with Gasteiger partial charge < -0.3 is 14.5 Å². The number of aryl methyl sites for hydroxylation is 1. The van der Waals surface area contributed by atoms with Gasteiger partial charge in [-0.3, -0.25) is 9.59 Å². The summed E-state index contributed by atoms with van der Waals surface area (Å²) in [6.07, 6.45) is -1.09. The lowest BCUT2D eigenvalue weighted by Gasteiger charge is -2.14. The summed E-state index contributed by atoms with van der Waals surface area (Å²) in [5.41, 5.74) is 1.46. The number of carbonyl (C=O) groups excluding carboxylic acids is 2. The van der Waals surface area contributed by atoms with E-state index in [1.165, 1.54) is 6.92 Å². The Kier molecular flexibility index (Phi) is 5.06. The van der Waals surface area contributed by atoms with Crippen LogP contribution in [0.5, 0.6) is 0 Å². The summed E-state index contributed by atoms with van der Waals surface area (Å²) < 4.78 is 10.7. The number of hydrogen-bond donors (Lipinski definition) is 1. The molecule has 6 nitrogen and oxygen atoms in total. The van der Waals surface area contributed by atoms with Crippen molar-refractivity contribution in [2.45, 2.75) is 20.0 Å². The quantitative estimate of drug-likeness (QED) is 0.511. The molecule has 6 heteroatoms. The third-order valence-corrected chi connectivity index (χ3v) is 4.78. The van der Waals surface area contributed by atoms with Gasteiger partial charge in [0.25, 0.3) is 5.91 Å². The maximum Gasteiger partial charge on any atom is 0.375 e. The number of carbonyl (C=O) groups is 2. The van der Waals surface area contributed by atoms with Crippen molar-refractivity contribution in [3.8, 4) is 0 Å². The van der Waals surface area contributed by atoms with Crippen molar-refractivity contribution in [2.24, 2.45) is 0 Å². The second-order valence-corrected chi connectivity index (χ2v) is 7.04. The fourth-order valence-corrected chi connectivity index (χ4v) is 3.21. The average molecular weight is 401 g/mol. The molecule has 4 rings (SSSR count). The highest BCUT2D eigenvalue weighted by molar-refractivity contribution is 6.04. The van der Waals surface area contributed by atoms with Crippen LogP contribution in [0.25, 0.3) is 21.7 Å². The minimum Gasteiger partial charge on any atom is -0.449 e. The molecule has 1 N–H and O–H groups in total. The highest BCUT2D eigenvalue weighted by atomic mass is 16.6. The summed E-state index contributed by atoms with van der Waals surface area (Å²) in [5.74, 6) is -1.62. The largest absolute Gasteiger partial charge is 0.449 e. The summed E-state index contributed by atoms with van der Waals surface area (Å²) in [5, 5.41) is 5.02. The fraction of sp³-hybridized carbons (Fsp3) is 0.125. The normalized spacial score (nSPS) is 11.9. The highest BCUT2D eigenvalue weighted by Gasteiger charge is 2.22. The highest BCUT2D eigenvalue weighted by Crippen LogP contribution is 2.23. The molecule has 0 aliphatic heterocycles. The van der Waals surface area contributed by atoms with E-state index in [4.69, 9.17) is 9.15 Å². The van der Waals surface area contributed by atoms with Crippen molar-refractivity contribution in [3.05, 3.63) is 88.3 Å². The lowest BCUT2D eigenvalue weighted by atomic mass is 10.1. The fourth-order valence-electron chi connectivity index (χ4n) is 3.21. The number of benzene rings is 3. The first kappa shape index (κ1) is 19.4. The number of anilines is 1. The minimum absolute atomic E-state index is 0.249. The van der Waals surface area contributed by atoms with Gasteiger partial charge in [-0.05, 0) is 37.4 Å². The van der Waals surface area contributed by atoms with Gasteiger partial charge in [-0.2, -0.15) is 0 Å². The molecule has 0 fully saturated rings. The number of fused-ring (bicyclic) bond motifs is 2. The van der Waals surface area contributed by atoms with Crippen molar-refractivity contribution in [1.29, 1.82) is 0 Å². The predicted molar refractivity (Wildman–Crippen MR) is 115 cm³/mol. The number of nitrogens with one attached hydrogen (secondary N) is 1. The molecular weight excluding hydrogens is 382 g/mol. The van der Waals surface area contributed by atoms with Crippen LogP contribution < -0.4 is 10.7 Å². The second-order valence-electron chi connectivity index (χ2n) is 7.04.